The summed E-state index contributed by atoms with van der Waals surface area (Å²) in [4.78, 5) is 13.3. The van der Waals surface area contributed by atoms with Crippen molar-refractivity contribution >= 4 is 11.6 Å². The molecule has 0 bridgehead atoms. The minimum atomic E-state index is 0.00917. The van der Waals surface area contributed by atoms with Crippen molar-refractivity contribution in [2.24, 2.45) is 5.92 Å². The van der Waals surface area contributed by atoms with Crippen LogP contribution in [0.15, 0.2) is 42.5 Å². The van der Waals surface area contributed by atoms with Gasteiger partial charge in [-0.3, -0.25) is 4.79 Å². The van der Waals surface area contributed by atoms with Gasteiger partial charge >= 0.3 is 0 Å². The Morgan fingerprint density at radius 1 is 1.27 bits per heavy atom. The largest absolute Gasteiger partial charge is 0.312 e. The summed E-state index contributed by atoms with van der Waals surface area (Å²) in [5.41, 5.74) is 0.913. The average Bonchev–Trinajstić information content (AvgIpc) is 2.26. The molecule has 0 spiro atoms. The van der Waals surface area contributed by atoms with Crippen LogP contribution < -0.4 is 4.90 Å². The Bertz CT molecular complexity index is 341. The highest BCUT2D eigenvalue weighted by Crippen LogP contribution is 2.11. The van der Waals surface area contributed by atoms with E-state index in [2.05, 4.69) is 0 Å². The molecule has 0 aromatic heterocycles. The van der Waals surface area contributed by atoms with Crippen LogP contribution in [0.2, 0.25) is 0 Å². The smallest absolute Gasteiger partial charge is 0.250 e. The van der Waals surface area contributed by atoms with Gasteiger partial charge in [0, 0.05) is 12.7 Å². The highest BCUT2D eigenvalue weighted by molar-refractivity contribution is 6.00. The van der Waals surface area contributed by atoms with E-state index in [-0.39, 0.29) is 5.91 Å². The van der Waals surface area contributed by atoms with Crippen molar-refractivity contribution in [2.75, 3.05) is 11.9 Å². The molecule has 0 fully saturated rings. The zero-order valence-electron chi connectivity index (χ0n) is 9.47. The van der Waals surface area contributed by atoms with Crippen molar-refractivity contribution < 1.29 is 4.79 Å². The molecule has 2 nitrogen and oxygen atoms in total. The SMILES string of the molecule is CC(C)/C=C/C(=O)N(C)c1ccccc1. The monoisotopic (exact) mass is 203 g/mol. The van der Waals surface area contributed by atoms with E-state index < -0.39 is 0 Å². The maximum Gasteiger partial charge on any atom is 0.250 e. The van der Waals surface area contributed by atoms with Crippen LogP contribution in [0.3, 0.4) is 0 Å². The molecule has 1 amide bonds. The Balaban J connectivity index is 2.69. The number of nitrogens with zero attached hydrogens (tertiary/aromatic N) is 1. The molecular weight excluding hydrogens is 186 g/mol. The Hall–Kier alpha value is -1.57. The van der Waals surface area contributed by atoms with Crippen molar-refractivity contribution in [1.82, 2.24) is 0 Å². The molecule has 2 heteroatoms. The maximum atomic E-state index is 11.7. The second kappa shape index (κ2) is 5.35. The van der Waals surface area contributed by atoms with Crippen molar-refractivity contribution in [3.05, 3.63) is 42.5 Å². The Labute approximate surface area is 91.2 Å². The summed E-state index contributed by atoms with van der Waals surface area (Å²) in [6.07, 6.45) is 3.53. The number of carbonyl (C=O) groups excluding carboxylic acids is 1. The lowest BCUT2D eigenvalue weighted by molar-refractivity contribution is -0.113. The summed E-state index contributed by atoms with van der Waals surface area (Å²) < 4.78 is 0. The molecular formula is C13H17NO. The van der Waals surface area contributed by atoms with Crippen LogP contribution >= 0.6 is 0 Å². The Morgan fingerprint density at radius 3 is 2.40 bits per heavy atom. The quantitative estimate of drug-likeness (QED) is 0.692. The van der Waals surface area contributed by atoms with Crippen LogP contribution in [-0.4, -0.2) is 13.0 Å². The molecule has 0 aliphatic heterocycles. The Kier molecular flexibility index (Phi) is 4.10. The van der Waals surface area contributed by atoms with Crippen LogP contribution in [0.5, 0.6) is 0 Å². The van der Waals surface area contributed by atoms with E-state index in [4.69, 9.17) is 0 Å². The van der Waals surface area contributed by atoms with Gasteiger partial charge in [-0.15, -0.1) is 0 Å². The number of anilines is 1. The first-order chi connectivity index (χ1) is 7.11. The molecule has 80 valence electrons. The fraction of sp³-hybridized carbons (Fsp3) is 0.308. The lowest BCUT2D eigenvalue weighted by Crippen LogP contribution is -2.23. The molecule has 0 atom stereocenters. The van der Waals surface area contributed by atoms with E-state index in [9.17, 15) is 4.79 Å². The van der Waals surface area contributed by atoms with Gasteiger partial charge in [0.1, 0.15) is 0 Å². The second-order valence-corrected chi connectivity index (χ2v) is 3.84. The van der Waals surface area contributed by atoms with Crippen LogP contribution in [0.4, 0.5) is 5.69 Å². The van der Waals surface area contributed by atoms with Gasteiger partial charge in [-0.2, -0.15) is 0 Å². The van der Waals surface area contributed by atoms with Gasteiger partial charge in [0.25, 0.3) is 0 Å². The minimum Gasteiger partial charge on any atom is -0.312 e. The topological polar surface area (TPSA) is 20.3 Å². The second-order valence-electron chi connectivity index (χ2n) is 3.84. The summed E-state index contributed by atoms with van der Waals surface area (Å²) >= 11 is 0. The molecule has 0 heterocycles. The van der Waals surface area contributed by atoms with Crippen LogP contribution in [0.25, 0.3) is 0 Å². The third-order valence-electron chi connectivity index (χ3n) is 2.10. The first-order valence-electron chi connectivity index (χ1n) is 5.12. The summed E-state index contributed by atoms with van der Waals surface area (Å²) in [6, 6.07) is 9.62. The van der Waals surface area contributed by atoms with E-state index >= 15 is 0 Å². The fourth-order valence-electron chi connectivity index (χ4n) is 1.17. The molecule has 0 N–H and O–H groups in total. The molecule has 1 aromatic carbocycles. The number of carbonyl (C=O) groups is 1. The number of hydrogen-bond acceptors (Lipinski definition) is 1. The zero-order valence-corrected chi connectivity index (χ0v) is 9.47. The maximum absolute atomic E-state index is 11.7. The molecule has 0 unspecified atom stereocenters. The van der Waals surface area contributed by atoms with E-state index in [0.29, 0.717) is 5.92 Å². The molecule has 0 saturated carbocycles. The summed E-state index contributed by atoms with van der Waals surface area (Å²) in [5, 5.41) is 0. The number of amides is 1. The van der Waals surface area contributed by atoms with Gasteiger partial charge in [0.2, 0.25) is 5.91 Å². The van der Waals surface area contributed by atoms with Crippen molar-refractivity contribution in [2.45, 2.75) is 13.8 Å². The standard InChI is InChI=1S/C13H17NO/c1-11(2)9-10-13(15)14(3)12-7-5-4-6-8-12/h4-11H,1-3H3/b10-9+. The van der Waals surface area contributed by atoms with Crippen LogP contribution in [-0.2, 0) is 4.79 Å². The van der Waals surface area contributed by atoms with E-state index in [1.54, 1.807) is 18.0 Å². The van der Waals surface area contributed by atoms with Crippen molar-refractivity contribution in [1.29, 1.82) is 0 Å². The molecule has 0 aliphatic rings. The number of para-hydroxylation sites is 1. The van der Waals surface area contributed by atoms with Gasteiger partial charge in [-0.1, -0.05) is 38.1 Å². The van der Waals surface area contributed by atoms with E-state index in [1.807, 2.05) is 50.3 Å². The first-order valence-corrected chi connectivity index (χ1v) is 5.12. The van der Waals surface area contributed by atoms with Gasteiger partial charge in [0.15, 0.2) is 0 Å². The van der Waals surface area contributed by atoms with Gasteiger partial charge in [0.05, 0.1) is 0 Å². The van der Waals surface area contributed by atoms with Crippen molar-refractivity contribution in [3.63, 3.8) is 0 Å². The molecule has 0 saturated heterocycles. The number of likely N-dealkylation sites (N-methyl/N-ethyl adjacent to an activating group) is 1. The summed E-state index contributed by atoms with van der Waals surface area (Å²) in [7, 11) is 1.78. The fourth-order valence-corrected chi connectivity index (χ4v) is 1.17. The highest BCUT2D eigenvalue weighted by Gasteiger charge is 2.06. The van der Waals surface area contributed by atoms with Crippen molar-refractivity contribution in [3.8, 4) is 0 Å². The third kappa shape index (κ3) is 3.58. The van der Waals surface area contributed by atoms with Gasteiger partial charge in [-0.05, 0) is 24.1 Å². The zero-order chi connectivity index (χ0) is 11.3. The van der Waals surface area contributed by atoms with Gasteiger partial charge in [-0.25, -0.2) is 0 Å². The normalized spacial score (nSPS) is 10.9. The number of rotatable bonds is 3. The summed E-state index contributed by atoms with van der Waals surface area (Å²) in [5.74, 6) is 0.410. The minimum absolute atomic E-state index is 0.00917. The lowest BCUT2D eigenvalue weighted by Gasteiger charge is -2.14. The summed E-state index contributed by atoms with van der Waals surface area (Å²) in [6.45, 7) is 4.10. The predicted molar refractivity (Wildman–Crippen MR) is 63.8 cm³/mol. The van der Waals surface area contributed by atoms with E-state index in [1.165, 1.54) is 0 Å². The molecule has 1 rings (SSSR count). The van der Waals surface area contributed by atoms with Crippen LogP contribution in [0, 0.1) is 5.92 Å². The Morgan fingerprint density at radius 2 is 1.87 bits per heavy atom. The van der Waals surface area contributed by atoms with Crippen LogP contribution in [0.1, 0.15) is 13.8 Å². The average molecular weight is 203 g/mol. The molecule has 0 aliphatic carbocycles. The molecule has 15 heavy (non-hydrogen) atoms. The number of benzene rings is 1. The first kappa shape index (κ1) is 11.5. The van der Waals surface area contributed by atoms with Gasteiger partial charge < -0.3 is 4.90 Å². The lowest BCUT2D eigenvalue weighted by atomic mass is 10.2. The highest BCUT2D eigenvalue weighted by atomic mass is 16.2. The molecule has 0 radical (unpaired) electrons. The molecule has 1 aromatic rings. The number of allylic oxidation sites excluding steroid dienone is 1. The predicted octanol–water partition coefficient (Wildman–Crippen LogP) is 2.86. The van der Waals surface area contributed by atoms with E-state index in [0.717, 1.165) is 5.69 Å². The third-order valence-corrected chi connectivity index (χ3v) is 2.10. The number of hydrogen-bond donors (Lipinski definition) is 0.